The Bertz CT molecular complexity index is 569. The normalized spacial score (nSPS) is 12.9. The average Bonchev–Trinajstić information content (AvgIpc) is 2.84. The highest BCUT2D eigenvalue weighted by molar-refractivity contribution is 7.05. The van der Waals surface area contributed by atoms with Crippen LogP contribution in [-0.4, -0.2) is 9.59 Å². The molecule has 2 N–H and O–H groups in total. The first kappa shape index (κ1) is 14.7. The molecule has 0 saturated carbocycles. The predicted octanol–water partition coefficient (Wildman–Crippen LogP) is 4.21. The van der Waals surface area contributed by atoms with E-state index in [2.05, 4.69) is 23.4 Å². The Hall–Kier alpha value is -0.680. The van der Waals surface area contributed by atoms with Crippen molar-refractivity contribution in [2.24, 2.45) is 5.73 Å². The van der Waals surface area contributed by atoms with E-state index in [4.69, 9.17) is 28.9 Å². The van der Waals surface area contributed by atoms with Gasteiger partial charge in [0.05, 0.1) is 20.6 Å². The monoisotopic (exact) mass is 315 g/mol. The van der Waals surface area contributed by atoms with Gasteiger partial charge >= 0.3 is 0 Å². The third kappa shape index (κ3) is 3.26. The molecule has 0 aliphatic carbocycles. The van der Waals surface area contributed by atoms with Gasteiger partial charge in [-0.15, -0.1) is 5.10 Å². The van der Waals surface area contributed by atoms with Crippen LogP contribution in [0.5, 0.6) is 0 Å². The van der Waals surface area contributed by atoms with Gasteiger partial charge < -0.3 is 5.73 Å². The SMILES string of the molecule is CC(C)c1nnsc1C(N)Cc1cccc(Cl)c1Cl. The molecule has 6 heteroatoms. The van der Waals surface area contributed by atoms with Crippen LogP contribution in [0.25, 0.3) is 0 Å². The number of nitrogens with two attached hydrogens (primary N) is 1. The number of aromatic nitrogens is 2. The molecule has 3 nitrogen and oxygen atoms in total. The van der Waals surface area contributed by atoms with Gasteiger partial charge in [-0.05, 0) is 35.5 Å². The Balaban J connectivity index is 2.23. The van der Waals surface area contributed by atoms with Crippen LogP contribution in [-0.2, 0) is 6.42 Å². The largest absolute Gasteiger partial charge is 0.323 e. The van der Waals surface area contributed by atoms with Crippen molar-refractivity contribution in [2.45, 2.75) is 32.2 Å². The molecule has 1 heterocycles. The van der Waals surface area contributed by atoms with E-state index in [9.17, 15) is 0 Å². The van der Waals surface area contributed by atoms with Crippen molar-refractivity contribution in [3.8, 4) is 0 Å². The van der Waals surface area contributed by atoms with Crippen LogP contribution >= 0.6 is 34.7 Å². The molecule has 0 amide bonds. The van der Waals surface area contributed by atoms with Gasteiger partial charge in [-0.2, -0.15) is 0 Å². The molecule has 19 heavy (non-hydrogen) atoms. The predicted molar refractivity (Wildman–Crippen MR) is 81.1 cm³/mol. The molecule has 1 atom stereocenters. The van der Waals surface area contributed by atoms with E-state index in [1.807, 2.05) is 12.1 Å². The van der Waals surface area contributed by atoms with Crippen LogP contribution in [0, 0.1) is 0 Å². The first-order valence-electron chi connectivity index (χ1n) is 6.01. The molecule has 102 valence electrons. The average molecular weight is 316 g/mol. The molecule has 2 aromatic rings. The maximum absolute atomic E-state index is 6.26. The Morgan fingerprint density at radius 3 is 2.74 bits per heavy atom. The summed E-state index contributed by atoms with van der Waals surface area (Å²) in [5.74, 6) is 0.314. The number of benzene rings is 1. The summed E-state index contributed by atoms with van der Waals surface area (Å²) in [6.45, 7) is 4.17. The third-order valence-electron chi connectivity index (χ3n) is 2.90. The van der Waals surface area contributed by atoms with Crippen molar-refractivity contribution >= 4 is 34.7 Å². The fourth-order valence-electron chi connectivity index (χ4n) is 1.90. The molecule has 1 aromatic heterocycles. The molecular formula is C13H15Cl2N3S. The first-order valence-corrected chi connectivity index (χ1v) is 7.54. The topological polar surface area (TPSA) is 51.8 Å². The highest BCUT2D eigenvalue weighted by Crippen LogP contribution is 2.31. The maximum atomic E-state index is 6.26. The highest BCUT2D eigenvalue weighted by Gasteiger charge is 2.19. The van der Waals surface area contributed by atoms with Crippen molar-refractivity contribution in [3.63, 3.8) is 0 Å². The van der Waals surface area contributed by atoms with Gasteiger partial charge in [-0.1, -0.05) is 53.7 Å². The Kier molecular flexibility index (Phi) is 4.79. The molecule has 2 rings (SSSR count). The lowest BCUT2D eigenvalue weighted by Crippen LogP contribution is -2.14. The number of hydrogen-bond donors (Lipinski definition) is 1. The van der Waals surface area contributed by atoms with Crippen LogP contribution in [0.3, 0.4) is 0 Å². The second kappa shape index (κ2) is 6.18. The minimum absolute atomic E-state index is 0.159. The van der Waals surface area contributed by atoms with E-state index < -0.39 is 0 Å². The summed E-state index contributed by atoms with van der Waals surface area (Å²) in [6.07, 6.45) is 0.628. The molecule has 0 saturated heterocycles. The molecule has 0 aliphatic heterocycles. The van der Waals surface area contributed by atoms with E-state index in [0.29, 0.717) is 22.4 Å². The summed E-state index contributed by atoms with van der Waals surface area (Å²) in [7, 11) is 0. The summed E-state index contributed by atoms with van der Waals surface area (Å²) in [6, 6.07) is 5.43. The van der Waals surface area contributed by atoms with Crippen LogP contribution in [0.2, 0.25) is 10.0 Å². The van der Waals surface area contributed by atoms with Gasteiger partial charge in [0.25, 0.3) is 0 Å². The zero-order valence-corrected chi connectivity index (χ0v) is 13.1. The fraction of sp³-hybridized carbons (Fsp3) is 0.385. The minimum atomic E-state index is -0.159. The lowest BCUT2D eigenvalue weighted by atomic mass is 10.0. The van der Waals surface area contributed by atoms with Crippen molar-refractivity contribution in [1.29, 1.82) is 0 Å². The zero-order valence-electron chi connectivity index (χ0n) is 10.7. The van der Waals surface area contributed by atoms with Crippen molar-refractivity contribution in [3.05, 3.63) is 44.4 Å². The highest BCUT2D eigenvalue weighted by atomic mass is 35.5. The van der Waals surface area contributed by atoms with Crippen molar-refractivity contribution < 1.29 is 0 Å². The summed E-state index contributed by atoms with van der Waals surface area (Å²) in [5, 5.41) is 5.27. The second-order valence-corrected chi connectivity index (χ2v) is 6.27. The standard InChI is InChI=1S/C13H15Cl2N3S/c1-7(2)12-13(19-18-17-12)10(16)6-8-4-3-5-9(14)11(8)15/h3-5,7,10H,6,16H2,1-2H3. The summed E-state index contributed by atoms with van der Waals surface area (Å²) in [4.78, 5) is 1.02. The van der Waals surface area contributed by atoms with Gasteiger partial charge in [-0.3, -0.25) is 0 Å². The van der Waals surface area contributed by atoms with Gasteiger partial charge in [0.15, 0.2) is 0 Å². The Morgan fingerprint density at radius 2 is 2.05 bits per heavy atom. The first-order chi connectivity index (χ1) is 9.00. The second-order valence-electron chi connectivity index (χ2n) is 4.70. The smallest absolute Gasteiger partial charge is 0.0829 e. The van der Waals surface area contributed by atoms with E-state index in [-0.39, 0.29) is 6.04 Å². The van der Waals surface area contributed by atoms with Crippen molar-refractivity contribution in [2.75, 3.05) is 0 Å². The maximum Gasteiger partial charge on any atom is 0.0829 e. The van der Waals surface area contributed by atoms with Gasteiger partial charge in [0.2, 0.25) is 0 Å². The molecule has 0 bridgehead atoms. The molecule has 1 aromatic carbocycles. The molecule has 0 spiro atoms. The molecule has 0 fully saturated rings. The molecular weight excluding hydrogens is 301 g/mol. The van der Waals surface area contributed by atoms with Crippen LogP contribution in [0.4, 0.5) is 0 Å². The van der Waals surface area contributed by atoms with E-state index in [0.717, 1.165) is 16.1 Å². The van der Waals surface area contributed by atoms with Gasteiger partial charge in [0.1, 0.15) is 0 Å². The number of rotatable bonds is 4. The lowest BCUT2D eigenvalue weighted by molar-refractivity contribution is 0.701. The van der Waals surface area contributed by atoms with Gasteiger partial charge in [0, 0.05) is 6.04 Å². The van der Waals surface area contributed by atoms with E-state index >= 15 is 0 Å². The van der Waals surface area contributed by atoms with E-state index in [1.54, 1.807) is 6.07 Å². The third-order valence-corrected chi connectivity index (χ3v) is 4.63. The number of halogens is 2. The number of nitrogens with zero attached hydrogens (tertiary/aromatic N) is 2. The summed E-state index contributed by atoms with van der Waals surface area (Å²) >= 11 is 13.5. The lowest BCUT2D eigenvalue weighted by Gasteiger charge is -2.13. The molecule has 1 unspecified atom stereocenters. The van der Waals surface area contributed by atoms with Crippen LogP contribution in [0.15, 0.2) is 18.2 Å². The van der Waals surface area contributed by atoms with E-state index in [1.165, 1.54) is 11.5 Å². The molecule has 0 aliphatic rings. The fourth-order valence-corrected chi connectivity index (χ4v) is 3.10. The van der Waals surface area contributed by atoms with Crippen LogP contribution in [0.1, 0.15) is 41.9 Å². The summed E-state index contributed by atoms with van der Waals surface area (Å²) in [5.41, 5.74) is 8.17. The van der Waals surface area contributed by atoms with Crippen molar-refractivity contribution in [1.82, 2.24) is 9.59 Å². The van der Waals surface area contributed by atoms with Gasteiger partial charge in [-0.25, -0.2) is 0 Å². The quantitative estimate of drug-likeness (QED) is 0.919. The number of hydrogen-bond acceptors (Lipinski definition) is 4. The Labute approximate surface area is 126 Å². The Morgan fingerprint density at radius 1 is 1.32 bits per heavy atom. The van der Waals surface area contributed by atoms with Crippen LogP contribution < -0.4 is 5.73 Å². The molecule has 0 radical (unpaired) electrons. The minimum Gasteiger partial charge on any atom is -0.323 e. The summed E-state index contributed by atoms with van der Waals surface area (Å²) < 4.78 is 4.00. The zero-order chi connectivity index (χ0) is 14.0.